The van der Waals surface area contributed by atoms with Crippen LogP contribution < -0.4 is 5.32 Å². The Balaban J connectivity index is 1.45. The van der Waals surface area contributed by atoms with Gasteiger partial charge in [0.25, 0.3) is 0 Å². The number of hydrogen-bond acceptors (Lipinski definition) is 3. The molecule has 1 aliphatic heterocycles. The van der Waals surface area contributed by atoms with Crippen LogP contribution in [0.25, 0.3) is 0 Å². The third kappa shape index (κ3) is 6.21. The van der Waals surface area contributed by atoms with E-state index in [0.29, 0.717) is 57.4 Å². The maximum atomic E-state index is 12.6. The number of ether oxygens (including phenoxy) is 1. The fraction of sp³-hybridized carbons (Fsp3) is 0.391. The van der Waals surface area contributed by atoms with Gasteiger partial charge in [-0.3, -0.25) is 4.79 Å². The Kier molecular flexibility index (Phi) is 8.11. The van der Waals surface area contributed by atoms with Crippen LogP contribution in [0, 0.1) is 0 Å². The first-order chi connectivity index (χ1) is 14.6. The number of amides is 3. The summed E-state index contributed by atoms with van der Waals surface area (Å²) in [5.74, 6) is 0.0715. The third-order valence-corrected chi connectivity index (χ3v) is 5.45. The van der Waals surface area contributed by atoms with Gasteiger partial charge in [0.15, 0.2) is 0 Å². The van der Waals surface area contributed by atoms with Gasteiger partial charge in [-0.05, 0) is 35.7 Å². The summed E-state index contributed by atoms with van der Waals surface area (Å²) >= 11 is 5.89. The molecule has 160 valence electrons. The zero-order chi connectivity index (χ0) is 21.3. The van der Waals surface area contributed by atoms with Gasteiger partial charge in [0.2, 0.25) is 5.91 Å². The fourth-order valence-electron chi connectivity index (χ4n) is 3.41. The number of hydrogen-bond donors (Lipinski definition) is 1. The number of carbonyl (C=O) groups excluding carboxylic acids is 2. The molecule has 3 rings (SSSR count). The van der Waals surface area contributed by atoms with Crippen molar-refractivity contribution in [3.8, 4) is 0 Å². The van der Waals surface area contributed by atoms with Crippen molar-refractivity contribution in [2.45, 2.75) is 26.5 Å². The molecule has 1 fully saturated rings. The van der Waals surface area contributed by atoms with Gasteiger partial charge in [0, 0.05) is 44.4 Å². The van der Waals surface area contributed by atoms with E-state index in [4.69, 9.17) is 16.3 Å². The number of halogens is 1. The average Bonchev–Trinajstić information content (AvgIpc) is 2.78. The molecule has 0 spiro atoms. The molecule has 2 aromatic rings. The molecule has 1 heterocycles. The molecule has 1 aliphatic rings. The van der Waals surface area contributed by atoms with Gasteiger partial charge < -0.3 is 19.9 Å². The van der Waals surface area contributed by atoms with Crippen molar-refractivity contribution < 1.29 is 14.3 Å². The van der Waals surface area contributed by atoms with Crippen molar-refractivity contribution in [3.63, 3.8) is 0 Å². The molecule has 1 saturated heterocycles. The normalized spacial score (nSPS) is 13.9. The van der Waals surface area contributed by atoms with E-state index in [1.165, 1.54) is 0 Å². The highest BCUT2D eigenvalue weighted by Gasteiger charge is 2.24. The zero-order valence-electron chi connectivity index (χ0n) is 17.3. The summed E-state index contributed by atoms with van der Waals surface area (Å²) in [6.07, 6.45) is 0.347. The summed E-state index contributed by atoms with van der Waals surface area (Å²) in [4.78, 5) is 28.7. The summed E-state index contributed by atoms with van der Waals surface area (Å²) in [6, 6.07) is 15.2. The van der Waals surface area contributed by atoms with Crippen LogP contribution >= 0.6 is 11.6 Å². The highest BCUT2D eigenvalue weighted by Crippen LogP contribution is 2.13. The maximum Gasteiger partial charge on any atom is 0.317 e. The Hall–Kier alpha value is -2.57. The van der Waals surface area contributed by atoms with Gasteiger partial charge in [-0.2, -0.15) is 0 Å². The highest BCUT2D eigenvalue weighted by atomic mass is 35.5. The van der Waals surface area contributed by atoms with Crippen molar-refractivity contribution in [2.24, 2.45) is 0 Å². The van der Waals surface area contributed by atoms with Gasteiger partial charge >= 0.3 is 6.03 Å². The van der Waals surface area contributed by atoms with Crippen LogP contribution in [0.4, 0.5) is 4.79 Å². The highest BCUT2D eigenvalue weighted by molar-refractivity contribution is 6.30. The molecule has 0 unspecified atom stereocenters. The second kappa shape index (κ2) is 11.0. The Labute approximate surface area is 182 Å². The lowest BCUT2D eigenvalue weighted by Crippen LogP contribution is -2.53. The van der Waals surface area contributed by atoms with E-state index in [0.717, 1.165) is 16.7 Å². The first-order valence-electron chi connectivity index (χ1n) is 10.3. The van der Waals surface area contributed by atoms with E-state index in [1.807, 2.05) is 48.2 Å². The Morgan fingerprint density at radius 2 is 1.60 bits per heavy atom. The summed E-state index contributed by atoms with van der Waals surface area (Å²) < 4.78 is 5.50. The third-order valence-electron chi connectivity index (χ3n) is 5.20. The summed E-state index contributed by atoms with van der Waals surface area (Å²) in [5, 5.41) is 3.65. The van der Waals surface area contributed by atoms with Crippen molar-refractivity contribution in [1.82, 2.24) is 15.1 Å². The summed E-state index contributed by atoms with van der Waals surface area (Å²) in [5.41, 5.74) is 3.07. The number of nitrogens with zero attached hydrogens (tertiary/aromatic N) is 2. The van der Waals surface area contributed by atoms with Crippen LogP contribution in [0.5, 0.6) is 0 Å². The van der Waals surface area contributed by atoms with Crippen molar-refractivity contribution >= 4 is 23.5 Å². The lowest BCUT2D eigenvalue weighted by molar-refractivity contribution is -0.131. The van der Waals surface area contributed by atoms with Crippen LogP contribution in [-0.4, -0.2) is 54.5 Å². The molecule has 0 aromatic heterocycles. The SMILES string of the molecule is CCOCc1ccccc1CNC(=O)N1CCN(C(=O)Cc2ccc(Cl)cc2)CC1. The van der Waals surface area contributed by atoms with Gasteiger partial charge in [0.1, 0.15) is 0 Å². The minimum Gasteiger partial charge on any atom is -0.377 e. The largest absolute Gasteiger partial charge is 0.377 e. The molecule has 6 nitrogen and oxygen atoms in total. The van der Waals surface area contributed by atoms with E-state index >= 15 is 0 Å². The molecule has 0 bridgehead atoms. The molecule has 30 heavy (non-hydrogen) atoms. The molecule has 2 aromatic carbocycles. The van der Waals surface area contributed by atoms with E-state index in [2.05, 4.69) is 5.32 Å². The van der Waals surface area contributed by atoms with E-state index < -0.39 is 0 Å². The van der Waals surface area contributed by atoms with Crippen molar-refractivity contribution in [3.05, 3.63) is 70.2 Å². The molecule has 0 atom stereocenters. The Morgan fingerprint density at radius 1 is 0.967 bits per heavy atom. The molecule has 0 saturated carbocycles. The van der Waals surface area contributed by atoms with Gasteiger partial charge in [-0.15, -0.1) is 0 Å². The number of piperazine rings is 1. The molecule has 1 N–H and O–H groups in total. The number of urea groups is 1. The lowest BCUT2D eigenvalue weighted by atomic mass is 10.1. The topological polar surface area (TPSA) is 61.9 Å². The molecule has 0 radical (unpaired) electrons. The number of benzene rings is 2. The van der Waals surface area contributed by atoms with Crippen LogP contribution in [0.15, 0.2) is 48.5 Å². The maximum absolute atomic E-state index is 12.6. The molecule has 7 heteroatoms. The summed E-state index contributed by atoms with van der Waals surface area (Å²) in [7, 11) is 0. The number of carbonyl (C=O) groups is 2. The zero-order valence-corrected chi connectivity index (χ0v) is 18.0. The molecule has 3 amide bonds. The van der Waals surface area contributed by atoms with E-state index in [9.17, 15) is 9.59 Å². The molecular formula is C23H28ClN3O3. The van der Waals surface area contributed by atoms with Crippen LogP contribution in [0.2, 0.25) is 5.02 Å². The van der Waals surface area contributed by atoms with Crippen LogP contribution in [0.1, 0.15) is 23.6 Å². The predicted octanol–water partition coefficient (Wildman–Crippen LogP) is 3.47. The monoisotopic (exact) mass is 429 g/mol. The first-order valence-corrected chi connectivity index (χ1v) is 10.6. The number of rotatable bonds is 7. The summed E-state index contributed by atoms with van der Waals surface area (Å²) in [6.45, 7) is 5.75. The van der Waals surface area contributed by atoms with Gasteiger partial charge in [-0.25, -0.2) is 4.79 Å². The van der Waals surface area contributed by atoms with Crippen LogP contribution in [-0.2, 0) is 29.1 Å². The molecular weight excluding hydrogens is 402 g/mol. The lowest BCUT2D eigenvalue weighted by Gasteiger charge is -2.34. The second-order valence-corrected chi connectivity index (χ2v) is 7.67. The quantitative estimate of drug-likeness (QED) is 0.733. The average molecular weight is 430 g/mol. The van der Waals surface area contributed by atoms with Crippen molar-refractivity contribution in [2.75, 3.05) is 32.8 Å². The Morgan fingerprint density at radius 3 is 2.27 bits per heavy atom. The smallest absolute Gasteiger partial charge is 0.317 e. The standard InChI is InChI=1S/C23H28ClN3O3/c1-2-30-17-20-6-4-3-5-19(20)16-25-23(29)27-13-11-26(12-14-27)22(28)15-18-7-9-21(24)10-8-18/h3-10H,2,11-17H2,1H3,(H,25,29). The minimum atomic E-state index is -0.106. The van der Waals surface area contributed by atoms with Gasteiger partial charge in [-0.1, -0.05) is 48.0 Å². The second-order valence-electron chi connectivity index (χ2n) is 7.24. The van der Waals surface area contributed by atoms with E-state index in [-0.39, 0.29) is 11.9 Å². The fourth-order valence-corrected chi connectivity index (χ4v) is 3.54. The van der Waals surface area contributed by atoms with Crippen molar-refractivity contribution in [1.29, 1.82) is 0 Å². The Bertz CT molecular complexity index is 849. The minimum absolute atomic E-state index is 0.0715. The van der Waals surface area contributed by atoms with Gasteiger partial charge in [0.05, 0.1) is 13.0 Å². The first kappa shape index (κ1) is 22.1. The molecule has 0 aliphatic carbocycles. The van der Waals surface area contributed by atoms with E-state index in [1.54, 1.807) is 17.0 Å². The number of nitrogens with one attached hydrogen (secondary N) is 1. The predicted molar refractivity (Wildman–Crippen MR) is 117 cm³/mol. The van der Waals surface area contributed by atoms with Crippen LogP contribution in [0.3, 0.4) is 0 Å².